The zero-order valence-corrected chi connectivity index (χ0v) is 14.9. The Morgan fingerprint density at radius 2 is 2.15 bits per heavy atom. The van der Waals surface area contributed by atoms with Gasteiger partial charge in [0.25, 0.3) is 0 Å². The molecule has 1 aromatic carbocycles. The standard InChI is InChI=1S/C20H20N6O/c1-12-5-13(8-22-7-12)16(6-21)20(27)26-18-4-2-3-15-17(11-23-19(15)18)14-9-24-25-10-14/h2-5,7-11,16,23H,6,21H2,1H3,(H,24,25)(H,26,27). The third-order valence-electron chi connectivity index (χ3n) is 4.63. The van der Waals surface area contributed by atoms with Crippen molar-refractivity contribution in [2.75, 3.05) is 11.9 Å². The quantitative estimate of drug-likeness (QED) is 0.438. The summed E-state index contributed by atoms with van der Waals surface area (Å²) in [5, 5.41) is 10.8. The second-order valence-electron chi connectivity index (χ2n) is 6.49. The normalized spacial score (nSPS) is 12.2. The highest BCUT2D eigenvalue weighted by Crippen LogP contribution is 2.32. The minimum absolute atomic E-state index is 0.156. The lowest BCUT2D eigenvalue weighted by molar-refractivity contribution is -0.117. The van der Waals surface area contributed by atoms with E-state index >= 15 is 0 Å². The van der Waals surface area contributed by atoms with Gasteiger partial charge in [0.1, 0.15) is 0 Å². The number of benzene rings is 1. The van der Waals surface area contributed by atoms with Crippen molar-refractivity contribution in [2.24, 2.45) is 5.73 Å². The molecule has 0 fully saturated rings. The highest BCUT2D eigenvalue weighted by molar-refractivity contribution is 6.07. The number of aryl methyl sites for hydroxylation is 1. The number of amides is 1. The Morgan fingerprint density at radius 1 is 1.26 bits per heavy atom. The van der Waals surface area contributed by atoms with E-state index in [1.165, 1.54) is 0 Å². The summed E-state index contributed by atoms with van der Waals surface area (Å²) in [6.07, 6.45) is 8.96. The maximum Gasteiger partial charge on any atom is 0.233 e. The molecule has 27 heavy (non-hydrogen) atoms. The third-order valence-corrected chi connectivity index (χ3v) is 4.63. The van der Waals surface area contributed by atoms with Crippen molar-refractivity contribution < 1.29 is 4.79 Å². The van der Waals surface area contributed by atoms with E-state index in [0.717, 1.165) is 33.2 Å². The highest BCUT2D eigenvalue weighted by Gasteiger charge is 2.21. The molecule has 0 aliphatic heterocycles. The molecule has 1 unspecified atom stereocenters. The molecule has 0 radical (unpaired) electrons. The lowest BCUT2D eigenvalue weighted by atomic mass is 9.98. The van der Waals surface area contributed by atoms with Crippen molar-refractivity contribution in [1.29, 1.82) is 0 Å². The molecule has 0 saturated heterocycles. The highest BCUT2D eigenvalue weighted by atomic mass is 16.1. The van der Waals surface area contributed by atoms with Crippen molar-refractivity contribution in [3.8, 4) is 11.1 Å². The predicted octanol–water partition coefficient (Wildman–Crippen LogP) is 2.94. The van der Waals surface area contributed by atoms with Crippen molar-refractivity contribution in [2.45, 2.75) is 12.8 Å². The molecular weight excluding hydrogens is 340 g/mol. The number of hydrogen-bond donors (Lipinski definition) is 4. The summed E-state index contributed by atoms with van der Waals surface area (Å²) >= 11 is 0. The molecule has 0 bridgehead atoms. The number of H-pyrrole nitrogens is 2. The van der Waals surface area contributed by atoms with Crippen LogP contribution >= 0.6 is 0 Å². The number of rotatable bonds is 5. The lowest BCUT2D eigenvalue weighted by Gasteiger charge is -2.16. The van der Waals surface area contributed by atoms with Gasteiger partial charge in [-0.25, -0.2) is 0 Å². The first kappa shape index (κ1) is 17.0. The number of nitrogens with one attached hydrogen (secondary N) is 3. The molecule has 3 aromatic heterocycles. The number of anilines is 1. The molecule has 136 valence electrons. The van der Waals surface area contributed by atoms with Gasteiger partial charge in [0, 0.05) is 47.8 Å². The molecule has 0 aliphatic rings. The van der Waals surface area contributed by atoms with Gasteiger partial charge in [-0.05, 0) is 24.1 Å². The van der Waals surface area contributed by atoms with Gasteiger partial charge >= 0.3 is 0 Å². The van der Waals surface area contributed by atoms with E-state index in [1.807, 2.05) is 43.6 Å². The van der Waals surface area contributed by atoms with Crippen molar-refractivity contribution in [1.82, 2.24) is 20.2 Å². The van der Waals surface area contributed by atoms with Crippen LogP contribution in [0, 0.1) is 6.92 Å². The Labute approximate surface area is 156 Å². The molecule has 7 nitrogen and oxygen atoms in total. The second-order valence-corrected chi connectivity index (χ2v) is 6.49. The predicted molar refractivity (Wildman–Crippen MR) is 105 cm³/mol. The van der Waals surface area contributed by atoms with E-state index in [2.05, 4.69) is 25.5 Å². The monoisotopic (exact) mass is 360 g/mol. The van der Waals surface area contributed by atoms with Gasteiger partial charge in [0.05, 0.1) is 23.3 Å². The maximum atomic E-state index is 12.9. The van der Waals surface area contributed by atoms with Gasteiger partial charge in [-0.1, -0.05) is 18.2 Å². The van der Waals surface area contributed by atoms with Gasteiger partial charge < -0.3 is 16.0 Å². The van der Waals surface area contributed by atoms with Gasteiger partial charge in [0.15, 0.2) is 0 Å². The van der Waals surface area contributed by atoms with Crippen LogP contribution in [-0.4, -0.2) is 32.6 Å². The first-order valence-corrected chi connectivity index (χ1v) is 8.69. The van der Waals surface area contributed by atoms with E-state index in [-0.39, 0.29) is 12.5 Å². The number of hydrogen-bond acceptors (Lipinski definition) is 4. The van der Waals surface area contributed by atoms with Crippen LogP contribution in [0.15, 0.2) is 55.2 Å². The Kier molecular flexibility index (Phi) is 4.43. The molecule has 4 rings (SSSR count). The largest absolute Gasteiger partial charge is 0.359 e. The van der Waals surface area contributed by atoms with Crippen LogP contribution in [0.4, 0.5) is 5.69 Å². The fraction of sp³-hybridized carbons (Fsp3) is 0.150. The summed E-state index contributed by atoms with van der Waals surface area (Å²) in [5.74, 6) is -0.618. The average molecular weight is 360 g/mol. The minimum atomic E-state index is -0.462. The number of pyridine rings is 1. The van der Waals surface area contributed by atoms with E-state index in [1.54, 1.807) is 18.6 Å². The fourth-order valence-corrected chi connectivity index (χ4v) is 3.28. The first-order chi connectivity index (χ1) is 13.2. The Balaban J connectivity index is 1.66. The van der Waals surface area contributed by atoms with Crippen LogP contribution in [0.5, 0.6) is 0 Å². The number of carbonyl (C=O) groups is 1. The average Bonchev–Trinajstić information content (AvgIpc) is 3.32. The summed E-state index contributed by atoms with van der Waals surface area (Å²) in [7, 11) is 0. The fourth-order valence-electron chi connectivity index (χ4n) is 3.28. The molecule has 7 heteroatoms. The minimum Gasteiger partial charge on any atom is -0.359 e. The number of nitrogens with zero attached hydrogens (tertiary/aromatic N) is 2. The molecule has 5 N–H and O–H groups in total. The summed E-state index contributed by atoms with van der Waals surface area (Å²) in [5.41, 5.74) is 11.3. The Morgan fingerprint density at radius 3 is 2.89 bits per heavy atom. The van der Waals surface area contributed by atoms with Crippen molar-refractivity contribution in [3.05, 3.63) is 66.4 Å². The molecule has 0 aliphatic carbocycles. The molecule has 0 saturated carbocycles. The summed E-state index contributed by atoms with van der Waals surface area (Å²) in [6, 6.07) is 7.74. The van der Waals surface area contributed by atoms with Crippen LogP contribution in [0.1, 0.15) is 17.0 Å². The van der Waals surface area contributed by atoms with Crippen LogP contribution < -0.4 is 11.1 Å². The van der Waals surface area contributed by atoms with Crippen LogP contribution in [0.3, 0.4) is 0 Å². The summed E-state index contributed by atoms with van der Waals surface area (Å²) in [6.45, 7) is 2.15. The molecule has 1 atom stereocenters. The lowest BCUT2D eigenvalue weighted by Crippen LogP contribution is -2.27. The van der Waals surface area contributed by atoms with Crippen molar-refractivity contribution >= 4 is 22.5 Å². The van der Waals surface area contributed by atoms with Crippen LogP contribution in [-0.2, 0) is 4.79 Å². The third kappa shape index (κ3) is 3.20. The van der Waals surface area contributed by atoms with E-state index < -0.39 is 5.92 Å². The van der Waals surface area contributed by atoms with Crippen LogP contribution in [0.2, 0.25) is 0 Å². The molecule has 0 spiro atoms. The molecular formula is C20H20N6O. The number of nitrogens with two attached hydrogens (primary N) is 1. The number of fused-ring (bicyclic) bond motifs is 1. The molecule has 3 heterocycles. The number of aromatic amines is 2. The van der Waals surface area contributed by atoms with E-state index in [4.69, 9.17) is 5.73 Å². The molecule has 4 aromatic rings. The Hall–Kier alpha value is -3.45. The SMILES string of the molecule is Cc1cncc(C(CN)C(=O)Nc2cccc3c(-c4cn[nH]c4)c[nH]c23)c1. The topological polar surface area (TPSA) is 112 Å². The summed E-state index contributed by atoms with van der Waals surface area (Å²) in [4.78, 5) is 20.3. The van der Waals surface area contributed by atoms with Gasteiger partial charge in [-0.15, -0.1) is 0 Å². The smallest absolute Gasteiger partial charge is 0.233 e. The maximum absolute atomic E-state index is 12.9. The molecule has 1 amide bonds. The van der Waals surface area contributed by atoms with Crippen molar-refractivity contribution in [3.63, 3.8) is 0 Å². The first-order valence-electron chi connectivity index (χ1n) is 8.69. The second kappa shape index (κ2) is 7.05. The van der Waals surface area contributed by atoms with Crippen LogP contribution in [0.25, 0.3) is 22.0 Å². The summed E-state index contributed by atoms with van der Waals surface area (Å²) < 4.78 is 0. The zero-order valence-electron chi connectivity index (χ0n) is 14.9. The van der Waals surface area contributed by atoms with Gasteiger partial charge in [-0.2, -0.15) is 5.10 Å². The van der Waals surface area contributed by atoms with Gasteiger partial charge in [-0.3, -0.25) is 14.9 Å². The zero-order chi connectivity index (χ0) is 18.8. The van der Waals surface area contributed by atoms with Gasteiger partial charge in [0.2, 0.25) is 5.91 Å². The number of para-hydroxylation sites is 1. The van der Waals surface area contributed by atoms with E-state index in [9.17, 15) is 4.79 Å². The van der Waals surface area contributed by atoms with E-state index in [0.29, 0.717) is 5.69 Å². The number of aromatic nitrogens is 4. The Bertz CT molecular complexity index is 1080. The number of carbonyl (C=O) groups excluding carboxylic acids is 1.